The van der Waals surface area contributed by atoms with Crippen molar-refractivity contribution in [1.82, 2.24) is 0 Å². The van der Waals surface area contributed by atoms with Gasteiger partial charge < -0.3 is 0 Å². The van der Waals surface area contributed by atoms with E-state index < -0.39 is 0 Å². The molecule has 0 radical (unpaired) electrons. The Morgan fingerprint density at radius 1 is 0.938 bits per heavy atom. The van der Waals surface area contributed by atoms with Crippen LogP contribution in [-0.2, 0) is 6.16 Å². The van der Waals surface area contributed by atoms with Gasteiger partial charge in [0.2, 0.25) is 0 Å². The van der Waals surface area contributed by atoms with Gasteiger partial charge in [-0.05, 0) is 37.4 Å². The molecule has 16 heavy (non-hydrogen) atoms. The van der Waals surface area contributed by atoms with Crippen molar-refractivity contribution < 1.29 is 0 Å². The van der Waals surface area contributed by atoms with Gasteiger partial charge in [0.1, 0.15) is 0 Å². The lowest BCUT2D eigenvalue weighted by Gasteiger charge is -2.11. The second-order valence-corrected chi connectivity index (χ2v) is 5.87. The fourth-order valence-electron chi connectivity index (χ4n) is 2.16. The number of rotatable bonds is 3. The molecule has 0 aliphatic heterocycles. The van der Waals surface area contributed by atoms with Crippen LogP contribution in [0.15, 0.2) is 41.7 Å². The first-order valence-electron chi connectivity index (χ1n) is 6.42. The summed E-state index contributed by atoms with van der Waals surface area (Å²) < 4.78 is 0. The summed E-state index contributed by atoms with van der Waals surface area (Å²) in [6, 6.07) is 10.9. The molecule has 0 bridgehead atoms. The summed E-state index contributed by atoms with van der Waals surface area (Å²) in [5.74, 6) is 0. The maximum absolute atomic E-state index is 2.51. The van der Waals surface area contributed by atoms with Crippen molar-refractivity contribution in [2.45, 2.75) is 44.7 Å². The van der Waals surface area contributed by atoms with Crippen molar-refractivity contribution in [3.05, 3.63) is 47.3 Å². The van der Waals surface area contributed by atoms with Gasteiger partial charge in [0, 0.05) is 0 Å². The van der Waals surface area contributed by atoms with Crippen molar-refractivity contribution in [2.75, 3.05) is 0 Å². The highest BCUT2D eigenvalue weighted by atomic mass is 31.1. The zero-order valence-electron chi connectivity index (χ0n) is 9.91. The van der Waals surface area contributed by atoms with Gasteiger partial charge in [-0.1, -0.05) is 63.1 Å². The SMILES string of the molecule is C1=C(PCc2ccccc2)CCCCCC1. The van der Waals surface area contributed by atoms with Gasteiger partial charge in [-0.25, -0.2) is 0 Å². The summed E-state index contributed by atoms with van der Waals surface area (Å²) in [4.78, 5) is 0. The molecule has 0 fully saturated rings. The summed E-state index contributed by atoms with van der Waals surface area (Å²) in [6.07, 6.45) is 12.1. The molecule has 1 atom stereocenters. The Labute approximate surface area is 101 Å². The van der Waals surface area contributed by atoms with E-state index in [1.807, 2.05) is 0 Å². The first kappa shape index (κ1) is 11.9. The molecule has 2 rings (SSSR count). The van der Waals surface area contributed by atoms with Gasteiger partial charge in [0.25, 0.3) is 0 Å². The van der Waals surface area contributed by atoms with Crippen LogP contribution in [0.1, 0.15) is 44.1 Å². The normalized spacial score (nSPS) is 18.1. The van der Waals surface area contributed by atoms with Gasteiger partial charge >= 0.3 is 0 Å². The van der Waals surface area contributed by atoms with Crippen LogP contribution in [-0.4, -0.2) is 0 Å². The zero-order chi connectivity index (χ0) is 11.1. The maximum atomic E-state index is 2.51. The largest absolute Gasteiger partial charge is 0.0907 e. The molecular formula is C15H21P. The van der Waals surface area contributed by atoms with Crippen molar-refractivity contribution in [2.24, 2.45) is 0 Å². The summed E-state index contributed by atoms with van der Waals surface area (Å²) >= 11 is 0. The van der Waals surface area contributed by atoms with Gasteiger partial charge in [0.05, 0.1) is 0 Å². The molecule has 0 amide bonds. The molecule has 86 valence electrons. The van der Waals surface area contributed by atoms with Gasteiger partial charge in [-0.3, -0.25) is 0 Å². The van der Waals surface area contributed by atoms with Crippen molar-refractivity contribution in [1.29, 1.82) is 0 Å². The molecule has 0 nitrogen and oxygen atoms in total. The predicted molar refractivity (Wildman–Crippen MR) is 74.2 cm³/mol. The molecule has 0 N–H and O–H groups in total. The summed E-state index contributed by atoms with van der Waals surface area (Å²) in [7, 11) is 1.01. The third-order valence-corrected chi connectivity index (χ3v) is 4.65. The Morgan fingerprint density at radius 2 is 1.75 bits per heavy atom. The van der Waals surface area contributed by atoms with Crippen LogP contribution in [0, 0.1) is 0 Å². The molecule has 0 spiro atoms. The van der Waals surface area contributed by atoms with Gasteiger partial charge in [0.15, 0.2) is 0 Å². The van der Waals surface area contributed by atoms with E-state index in [9.17, 15) is 0 Å². The molecule has 1 aliphatic carbocycles. The minimum atomic E-state index is 1.01. The number of benzene rings is 1. The van der Waals surface area contributed by atoms with Crippen molar-refractivity contribution in [3.8, 4) is 0 Å². The first-order chi connectivity index (χ1) is 7.95. The van der Waals surface area contributed by atoms with E-state index in [4.69, 9.17) is 0 Å². The Hall–Kier alpha value is -0.610. The molecule has 1 aromatic rings. The highest BCUT2D eigenvalue weighted by molar-refractivity contribution is 7.42. The van der Waals surface area contributed by atoms with Crippen LogP contribution in [0.5, 0.6) is 0 Å². The summed E-state index contributed by atoms with van der Waals surface area (Å²) in [5.41, 5.74) is 1.49. The monoisotopic (exact) mass is 232 g/mol. The van der Waals surface area contributed by atoms with Crippen LogP contribution < -0.4 is 0 Å². The maximum Gasteiger partial charge on any atom is -0.00634 e. The van der Waals surface area contributed by atoms with Crippen LogP contribution in [0.25, 0.3) is 0 Å². The molecule has 1 heteroatoms. The topological polar surface area (TPSA) is 0 Å². The Balaban J connectivity index is 1.84. The fraction of sp³-hybridized carbons (Fsp3) is 0.467. The Morgan fingerprint density at radius 3 is 2.62 bits per heavy atom. The molecule has 0 heterocycles. The molecule has 0 saturated heterocycles. The number of hydrogen-bond acceptors (Lipinski definition) is 0. The fourth-order valence-corrected chi connectivity index (χ4v) is 3.47. The summed E-state index contributed by atoms with van der Waals surface area (Å²) in [6.45, 7) is 0. The standard InChI is InChI=1S/C15H21P/c1-2-7-11-15(12-8-3-1)16-13-14-9-5-4-6-10-14/h4-6,9-11,16H,1-3,7-8,12-13H2. The predicted octanol–water partition coefficient (Wildman–Crippen LogP) is 5.10. The Kier molecular flexibility index (Phi) is 5.09. The van der Waals surface area contributed by atoms with E-state index in [0.29, 0.717) is 0 Å². The van der Waals surface area contributed by atoms with E-state index in [-0.39, 0.29) is 0 Å². The smallest absolute Gasteiger partial charge is 0.00634 e. The lowest BCUT2D eigenvalue weighted by Crippen LogP contribution is -1.87. The first-order valence-corrected chi connectivity index (χ1v) is 7.63. The molecule has 1 aromatic carbocycles. The van der Waals surface area contributed by atoms with E-state index in [2.05, 4.69) is 36.4 Å². The average molecular weight is 232 g/mol. The highest BCUT2D eigenvalue weighted by Gasteiger charge is 2.02. The minimum Gasteiger partial charge on any atom is -0.0907 e. The Bertz CT molecular complexity index is 327. The lowest BCUT2D eigenvalue weighted by atomic mass is 10.1. The highest BCUT2D eigenvalue weighted by Crippen LogP contribution is 2.34. The lowest BCUT2D eigenvalue weighted by molar-refractivity contribution is 0.634. The molecule has 1 aliphatic rings. The number of hydrogen-bond donors (Lipinski definition) is 0. The molecule has 0 saturated carbocycles. The van der Waals surface area contributed by atoms with Crippen LogP contribution >= 0.6 is 8.58 Å². The second-order valence-electron chi connectivity index (χ2n) is 4.52. The van der Waals surface area contributed by atoms with E-state index in [1.165, 1.54) is 50.3 Å². The van der Waals surface area contributed by atoms with E-state index in [1.54, 1.807) is 5.31 Å². The van der Waals surface area contributed by atoms with Gasteiger partial charge in [-0.15, -0.1) is 0 Å². The van der Waals surface area contributed by atoms with Crippen molar-refractivity contribution >= 4 is 8.58 Å². The molecular weight excluding hydrogens is 211 g/mol. The zero-order valence-corrected chi connectivity index (χ0v) is 10.9. The third kappa shape index (κ3) is 4.10. The molecule has 1 unspecified atom stereocenters. The summed E-state index contributed by atoms with van der Waals surface area (Å²) in [5, 5.41) is 1.73. The van der Waals surface area contributed by atoms with Crippen molar-refractivity contribution in [3.63, 3.8) is 0 Å². The number of allylic oxidation sites excluding steroid dienone is 2. The average Bonchev–Trinajstić information content (AvgIpc) is 2.29. The van der Waals surface area contributed by atoms with Crippen LogP contribution in [0.4, 0.5) is 0 Å². The van der Waals surface area contributed by atoms with Gasteiger partial charge in [-0.2, -0.15) is 0 Å². The minimum absolute atomic E-state index is 1.01. The van der Waals surface area contributed by atoms with E-state index >= 15 is 0 Å². The molecule has 0 aromatic heterocycles. The third-order valence-electron chi connectivity index (χ3n) is 3.15. The van der Waals surface area contributed by atoms with Crippen LogP contribution in [0.2, 0.25) is 0 Å². The quantitative estimate of drug-likeness (QED) is 0.636. The van der Waals surface area contributed by atoms with E-state index in [0.717, 1.165) is 8.58 Å². The second kappa shape index (κ2) is 6.86. The van der Waals surface area contributed by atoms with Crippen LogP contribution in [0.3, 0.4) is 0 Å².